The highest BCUT2D eigenvalue weighted by Crippen LogP contribution is 2.06. The van der Waals surface area contributed by atoms with Gasteiger partial charge in [0.05, 0.1) is 19.6 Å². The Morgan fingerprint density at radius 3 is 2.75 bits per heavy atom. The van der Waals surface area contributed by atoms with Crippen LogP contribution in [-0.4, -0.2) is 28.3 Å². The van der Waals surface area contributed by atoms with Crippen LogP contribution in [0.15, 0.2) is 6.07 Å². The van der Waals surface area contributed by atoms with E-state index in [1.807, 2.05) is 0 Å². The van der Waals surface area contributed by atoms with Gasteiger partial charge in [0.25, 0.3) is 5.91 Å². The smallest absolute Gasteiger partial charge is 0.307 e. The van der Waals surface area contributed by atoms with Gasteiger partial charge >= 0.3 is 5.97 Å². The van der Waals surface area contributed by atoms with Crippen molar-refractivity contribution in [1.29, 1.82) is 0 Å². The van der Waals surface area contributed by atoms with Crippen LogP contribution in [0.1, 0.15) is 23.8 Å². The second-order valence-corrected chi connectivity index (χ2v) is 3.10. The van der Waals surface area contributed by atoms with Gasteiger partial charge in [-0.15, -0.1) is 0 Å². The molecule has 0 aliphatic heterocycles. The first-order chi connectivity index (χ1) is 7.54. The molecule has 1 heterocycles. The zero-order valence-electron chi connectivity index (χ0n) is 8.97. The third-order valence-corrected chi connectivity index (χ3v) is 1.90. The first kappa shape index (κ1) is 12.0. The molecule has 0 aromatic carbocycles. The number of nitrogens with zero attached hydrogens (tertiary/aromatic N) is 2. The second-order valence-electron chi connectivity index (χ2n) is 3.10. The number of esters is 1. The third-order valence-electron chi connectivity index (χ3n) is 1.90. The minimum Gasteiger partial charge on any atom is -0.466 e. The van der Waals surface area contributed by atoms with Gasteiger partial charge in [0.1, 0.15) is 5.82 Å². The van der Waals surface area contributed by atoms with Crippen molar-refractivity contribution in [1.82, 2.24) is 9.78 Å². The van der Waals surface area contributed by atoms with Crippen molar-refractivity contribution in [2.24, 2.45) is 5.73 Å². The molecule has 88 valence electrons. The average molecular weight is 226 g/mol. The molecule has 0 saturated carbocycles. The molecule has 7 heteroatoms. The maximum Gasteiger partial charge on any atom is 0.307 e. The molecule has 0 unspecified atom stereocenters. The van der Waals surface area contributed by atoms with Crippen LogP contribution < -0.4 is 11.5 Å². The van der Waals surface area contributed by atoms with Crippen molar-refractivity contribution >= 4 is 17.7 Å². The standard InChI is InChI=1S/C9H14N4O3/c1-2-16-8(14)3-4-13-7(10)5-6(12-13)9(11)15/h5H,2-4,10H2,1H3,(H2,11,15). The van der Waals surface area contributed by atoms with Crippen molar-refractivity contribution in [2.45, 2.75) is 19.9 Å². The maximum atomic E-state index is 11.1. The van der Waals surface area contributed by atoms with Crippen molar-refractivity contribution in [3.05, 3.63) is 11.8 Å². The predicted octanol–water partition coefficient (Wildman–Crippen LogP) is -0.483. The molecule has 1 amide bonds. The Bertz CT molecular complexity index is 399. The lowest BCUT2D eigenvalue weighted by Crippen LogP contribution is -2.14. The van der Waals surface area contributed by atoms with Gasteiger partial charge in [0.15, 0.2) is 5.69 Å². The summed E-state index contributed by atoms with van der Waals surface area (Å²) in [6, 6.07) is 1.37. The lowest BCUT2D eigenvalue weighted by molar-refractivity contribution is -0.143. The monoisotopic (exact) mass is 226 g/mol. The summed E-state index contributed by atoms with van der Waals surface area (Å²) in [5.41, 5.74) is 10.7. The highest BCUT2D eigenvalue weighted by molar-refractivity contribution is 5.91. The van der Waals surface area contributed by atoms with Gasteiger partial charge < -0.3 is 16.2 Å². The maximum absolute atomic E-state index is 11.1. The highest BCUT2D eigenvalue weighted by Gasteiger charge is 2.10. The van der Waals surface area contributed by atoms with Crippen LogP contribution in [0.4, 0.5) is 5.82 Å². The molecule has 16 heavy (non-hydrogen) atoms. The third kappa shape index (κ3) is 2.97. The van der Waals surface area contributed by atoms with E-state index in [0.29, 0.717) is 6.61 Å². The summed E-state index contributed by atoms with van der Waals surface area (Å²) in [5.74, 6) is -0.697. The SMILES string of the molecule is CCOC(=O)CCn1nc(C(N)=O)cc1N. The lowest BCUT2D eigenvalue weighted by atomic mass is 10.4. The zero-order valence-corrected chi connectivity index (χ0v) is 8.97. The lowest BCUT2D eigenvalue weighted by Gasteiger charge is -2.03. The molecule has 0 aliphatic rings. The number of aryl methyl sites for hydroxylation is 1. The number of amides is 1. The second kappa shape index (κ2) is 5.15. The van der Waals surface area contributed by atoms with E-state index in [1.54, 1.807) is 6.92 Å². The Hall–Kier alpha value is -2.05. The molecule has 0 saturated heterocycles. The van der Waals surface area contributed by atoms with Crippen molar-refractivity contribution in [2.75, 3.05) is 12.3 Å². The Kier molecular flexibility index (Phi) is 3.87. The normalized spacial score (nSPS) is 10.1. The number of hydrogen-bond donors (Lipinski definition) is 2. The van der Waals surface area contributed by atoms with Gasteiger partial charge in [-0.25, -0.2) is 4.68 Å². The fourth-order valence-electron chi connectivity index (χ4n) is 1.16. The van der Waals surface area contributed by atoms with Crippen LogP contribution >= 0.6 is 0 Å². The zero-order chi connectivity index (χ0) is 12.1. The van der Waals surface area contributed by atoms with E-state index >= 15 is 0 Å². The summed E-state index contributed by atoms with van der Waals surface area (Å²) in [4.78, 5) is 21.9. The summed E-state index contributed by atoms with van der Waals surface area (Å²) in [6.07, 6.45) is 0.151. The molecule has 7 nitrogen and oxygen atoms in total. The Balaban J connectivity index is 2.60. The van der Waals surface area contributed by atoms with Crippen LogP contribution in [-0.2, 0) is 16.1 Å². The van der Waals surface area contributed by atoms with Crippen LogP contribution in [0.2, 0.25) is 0 Å². The van der Waals surface area contributed by atoms with Crippen molar-refractivity contribution < 1.29 is 14.3 Å². The summed E-state index contributed by atoms with van der Waals surface area (Å²) in [7, 11) is 0. The van der Waals surface area contributed by atoms with Crippen LogP contribution in [0.3, 0.4) is 0 Å². The average Bonchev–Trinajstić information content (AvgIpc) is 2.58. The largest absolute Gasteiger partial charge is 0.466 e. The number of primary amides is 1. The van der Waals surface area contributed by atoms with Gasteiger partial charge in [-0.2, -0.15) is 5.10 Å². The summed E-state index contributed by atoms with van der Waals surface area (Å²) in [5, 5.41) is 3.85. The molecule has 4 N–H and O–H groups in total. The minimum absolute atomic E-state index is 0.0846. The molecule has 0 radical (unpaired) electrons. The number of rotatable bonds is 5. The number of nitrogens with two attached hydrogens (primary N) is 2. The number of hydrogen-bond acceptors (Lipinski definition) is 5. The van der Waals surface area contributed by atoms with E-state index < -0.39 is 5.91 Å². The van der Waals surface area contributed by atoms with Crippen LogP contribution in [0.25, 0.3) is 0 Å². The molecular formula is C9H14N4O3. The minimum atomic E-state index is -0.651. The van der Waals surface area contributed by atoms with Gasteiger partial charge in [-0.1, -0.05) is 0 Å². The molecule has 0 bridgehead atoms. The molecule has 1 aromatic heterocycles. The summed E-state index contributed by atoms with van der Waals surface area (Å²) in [6.45, 7) is 2.32. The number of carbonyl (C=O) groups excluding carboxylic acids is 2. The predicted molar refractivity (Wildman–Crippen MR) is 56.4 cm³/mol. The fraction of sp³-hybridized carbons (Fsp3) is 0.444. The number of anilines is 1. The molecule has 1 rings (SSSR count). The van der Waals surface area contributed by atoms with Gasteiger partial charge in [-0.05, 0) is 6.92 Å². The van der Waals surface area contributed by atoms with E-state index in [4.69, 9.17) is 16.2 Å². The van der Waals surface area contributed by atoms with E-state index in [2.05, 4.69) is 5.10 Å². The fourth-order valence-corrected chi connectivity index (χ4v) is 1.16. The molecule has 0 aliphatic carbocycles. The first-order valence-corrected chi connectivity index (χ1v) is 4.83. The number of ether oxygens (including phenoxy) is 1. The number of nitrogen functional groups attached to an aromatic ring is 1. The Labute approximate surface area is 92.3 Å². The molecule has 0 spiro atoms. The first-order valence-electron chi connectivity index (χ1n) is 4.83. The van der Waals surface area contributed by atoms with E-state index in [0.717, 1.165) is 0 Å². The molecular weight excluding hydrogens is 212 g/mol. The van der Waals surface area contributed by atoms with Crippen molar-refractivity contribution in [3.8, 4) is 0 Å². The highest BCUT2D eigenvalue weighted by atomic mass is 16.5. The number of aromatic nitrogens is 2. The van der Waals surface area contributed by atoms with E-state index in [1.165, 1.54) is 10.7 Å². The van der Waals surface area contributed by atoms with E-state index in [-0.39, 0.29) is 30.4 Å². The Morgan fingerprint density at radius 2 is 2.25 bits per heavy atom. The topological polar surface area (TPSA) is 113 Å². The van der Waals surface area contributed by atoms with E-state index in [9.17, 15) is 9.59 Å². The summed E-state index contributed by atoms with van der Waals surface area (Å²) < 4.78 is 6.09. The van der Waals surface area contributed by atoms with Crippen LogP contribution in [0.5, 0.6) is 0 Å². The quantitative estimate of drug-likeness (QED) is 0.658. The van der Waals surface area contributed by atoms with Gasteiger partial charge in [-0.3, -0.25) is 9.59 Å². The summed E-state index contributed by atoms with van der Waals surface area (Å²) >= 11 is 0. The van der Waals surface area contributed by atoms with Gasteiger partial charge in [0, 0.05) is 6.07 Å². The molecule has 0 atom stereocenters. The Morgan fingerprint density at radius 1 is 1.56 bits per heavy atom. The molecule has 1 aromatic rings. The van der Waals surface area contributed by atoms with Crippen molar-refractivity contribution in [3.63, 3.8) is 0 Å². The number of carbonyl (C=O) groups is 2. The van der Waals surface area contributed by atoms with Gasteiger partial charge in [0.2, 0.25) is 0 Å². The van der Waals surface area contributed by atoms with Crippen LogP contribution in [0, 0.1) is 0 Å². The molecule has 0 fully saturated rings.